The Balaban J connectivity index is 2.15. The van der Waals surface area contributed by atoms with E-state index < -0.39 is 0 Å². The number of dihydropyridines is 1. The minimum atomic E-state index is 0.350. The van der Waals surface area contributed by atoms with E-state index in [0.717, 1.165) is 6.54 Å². The van der Waals surface area contributed by atoms with Gasteiger partial charge in [0, 0.05) is 11.6 Å². The summed E-state index contributed by atoms with van der Waals surface area (Å²) in [6.45, 7) is 12.1. The Morgan fingerprint density at radius 2 is 1.85 bits per heavy atom. The highest BCUT2D eigenvalue weighted by Crippen LogP contribution is 2.36. The molecule has 0 spiro atoms. The lowest BCUT2D eigenvalue weighted by Crippen LogP contribution is -2.28. The van der Waals surface area contributed by atoms with Crippen LogP contribution in [0.25, 0.3) is 0 Å². The molecule has 2 atom stereocenters. The topological polar surface area (TPSA) is 21.6 Å². The van der Waals surface area contributed by atoms with Gasteiger partial charge in [0.15, 0.2) is 0 Å². The first-order valence-electron chi connectivity index (χ1n) is 8.37. The zero-order chi connectivity index (χ0) is 14.7. The Morgan fingerprint density at radius 3 is 2.50 bits per heavy atom. The van der Waals surface area contributed by atoms with Crippen LogP contribution in [0, 0.1) is 11.8 Å². The van der Waals surface area contributed by atoms with Crippen molar-refractivity contribution in [3.8, 4) is 0 Å². The van der Waals surface area contributed by atoms with Crippen molar-refractivity contribution in [3.05, 3.63) is 11.1 Å². The van der Waals surface area contributed by atoms with Gasteiger partial charge in [-0.1, -0.05) is 19.4 Å². The molecule has 1 fully saturated rings. The van der Waals surface area contributed by atoms with Crippen molar-refractivity contribution in [3.63, 3.8) is 0 Å². The van der Waals surface area contributed by atoms with E-state index in [4.69, 9.17) is 9.73 Å². The van der Waals surface area contributed by atoms with Crippen LogP contribution in [-0.2, 0) is 4.74 Å². The Kier molecular flexibility index (Phi) is 5.42. The lowest BCUT2D eigenvalue weighted by Gasteiger charge is -2.33. The molecule has 0 saturated heterocycles. The molecular formula is C18H31NO. The maximum Gasteiger partial charge on any atom is 0.0604 e. The van der Waals surface area contributed by atoms with Crippen LogP contribution in [0.3, 0.4) is 0 Å². The van der Waals surface area contributed by atoms with E-state index in [0.29, 0.717) is 24.0 Å². The zero-order valence-corrected chi connectivity index (χ0v) is 13.9. The van der Waals surface area contributed by atoms with Crippen molar-refractivity contribution in [2.45, 2.75) is 78.9 Å². The third kappa shape index (κ3) is 3.72. The SMILES string of the molecule is CC1=NCC(C(C)C)=C2CCC(OC(C)C)CCCC12. The van der Waals surface area contributed by atoms with Gasteiger partial charge in [0.1, 0.15) is 0 Å². The number of hydrogen-bond donors (Lipinski definition) is 0. The average molecular weight is 277 g/mol. The van der Waals surface area contributed by atoms with E-state index >= 15 is 0 Å². The van der Waals surface area contributed by atoms with Gasteiger partial charge in [-0.15, -0.1) is 0 Å². The highest BCUT2D eigenvalue weighted by Gasteiger charge is 2.28. The van der Waals surface area contributed by atoms with Gasteiger partial charge in [0.2, 0.25) is 0 Å². The number of allylic oxidation sites excluding steroid dienone is 1. The van der Waals surface area contributed by atoms with Crippen molar-refractivity contribution in [1.29, 1.82) is 0 Å². The fourth-order valence-electron chi connectivity index (χ4n) is 3.70. The minimum absolute atomic E-state index is 0.350. The van der Waals surface area contributed by atoms with Crippen LogP contribution in [0.5, 0.6) is 0 Å². The average Bonchev–Trinajstić information content (AvgIpc) is 2.33. The number of aliphatic imine (C=N–C) groups is 1. The van der Waals surface area contributed by atoms with E-state index in [1.807, 2.05) is 0 Å². The van der Waals surface area contributed by atoms with Crippen LogP contribution in [-0.4, -0.2) is 24.5 Å². The van der Waals surface area contributed by atoms with Gasteiger partial charge in [-0.25, -0.2) is 0 Å². The second kappa shape index (κ2) is 6.89. The highest BCUT2D eigenvalue weighted by molar-refractivity contribution is 5.88. The molecule has 2 aliphatic rings. The van der Waals surface area contributed by atoms with Gasteiger partial charge < -0.3 is 4.74 Å². The molecule has 0 aromatic heterocycles. The van der Waals surface area contributed by atoms with Crippen molar-refractivity contribution in [1.82, 2.24) is 0 Å². The minimum Gasteiger partial charge on any atom is -0.376 e. The predicted molar refractivity (Wildman–Crippen MR) is 86.4 cm³/mol. The van der Waals surface area contributed by atoms with Gasteiger partial charge in [-0.2, -0.15) is 0 Å². The lowest BCUT2D eigenvalue weighted by atomic mass is 9.77. The predicted octanol–water partition coefficient (Wildman–Crippen LogP) is 4.79. The van der Waals surface area contributed by atoms with Crippen molar-refractivity contribution >= 4 is 5.71 Å². The van der Waals surface area contributed by atoms with Crippen molar-refractivity contribution in [2.75, 3.05) is 6.54 Å². The molecule has 1 aliphatic carbocycles. The molecular weight excluding hydrogens is 246 g/mol. The van der Waals surface area contributed by atoms with Crippen molar-refractivity contribution in [2.24, 2.45) is 16.8 Å². The first-order valence-corrected chi connectivity index (χ1v) is 8.37. The lowest BCUT2D eigenvalue weighted by molar-refractivity contribution is -0.00442. The van der Waals surface area contributed by atoms with Crippen LogP contribution in [0.4, 0.5) is 0 Å². The Bertz CT molecular complexity index is 392. The molecule has 0 aromatic carbocycles. The van der Waals surface area contributed by atoms with E-state index in [9.17, 15) is 0 Å². The fraction of sp³-hybridized carbons (Fsp3) is 0.833. The smallest absolute Gasteiger partial charge is 0.0604 e. The number of fused-ring (bicyclic) bond motifs is 1. The standard InChI is InChI=1S/C18H31NO/c1-12(2)18-11-19-14(5)16-8-6-7-15(20-13(3)4)9-10-17(16)18/h12-13,15-16H,6-11H2,1-5H3. The van der Waals surface area contributed by atoms with E-state index in [1.165, 1.54) is 37.8 Å². The summed E-state index contributed by atoms with van der Waals surface area (Å²) in [5.74, 6) is 1.26. The largest absolute Gasteiger partial charge is 0.376 e. The van der Waals surface area contributed by atoms with E-state index in [-0.39, 0.29) is 0 Å². The van der Waals surface area contributed by atoms with Crippen LogP contribution in [0.15, 0.2) is 16.1 Å². The highest BCUT2D eigenvalue weighted by atomic mass is 16.5. The fourth-order valence-corrected chi connectivity index (χ4v) is 3.70. The van der Waals surface area contributed by atoms with Gasteiger partial charge in [0.05, 0.1) is 18.8 Å². The molecule has 0 bridgehead atoms. The Labute approximate surface area is 124 Å². The van der Waals surface area contributed by atoms with Gasteiger partial charge in [-0.05, 0) is 64.4 Å². The first-order chi connectivity index (χ1) is 9.49. The van der Waals surface area contributed by atoms with Crippen molar-refractivity contribution < 1.29 is 4.74 Å². The molecule has 114 valence electrons. The monoisotopic (exact) mass is 277 g/mol. The Hall–Kier alpha value is -0.630. The zero-order valence-electron chi connectivity index (χ0n) is 13.9. The number of rotatable bonds is 3. The third-order valence-electron chi connectivity index (χ3n) is 4.75. The normalized spacial score (nSPS) is 28.2. The van der Waals surface area contributed by atoms with E-state index in [1.54, 1.807) is 11.1 Å². The van der Waals surface area contributed by atoms with Gasteiger partial charge >= 0.3 is 0 Å². The van der Waals surface area contributed by atoms with Gasteiger partial charge in [-0.3, -0.25) is 4.99 Å². The summed E-state index contributed by atoms with van der Waals surface area (Å²) in [5.41, 5.74) is 4.67. The molecule has 20 heavy (non-hydrogen) atoms. The summed E-state index contributed by atoms with van der Waals surface area (Å²) in [4.78, 5) is 4.78. The summed E-state index contributed by atoms with van der Waals surface area (Å²) in [7, 11) is 0. The molecule has 0 amide bonds. The van der Waals surface area contributed by atoms with Crippen LogP contribution >= 0.6 is 0 Å². The van der Waals surface area contributed by atoms with Gasteiger partial charge in [0.25, 0.3) is 0 Å². The second-order valence-corrected chi connectivity index (χ2v) is 6.99. The van der Waals surface area contributed by atoms with Crippen LogP contribution < -0.4 is 0 Å². The second-order valence-electron chi connectivity index (χ2n) is 6.99. The van der Waals surface area contributed by atoms with E-state index in [2.05, 4.69) is 34.6 Å². The quantitative estimate of drug-likeness (QED) is 0.680. The molecule has 2 nitrogen and oxygen atoms in total. The molecule has 2 rings (SSSR count). The molecule has 0 N–H and O–H groups in total. The summed E-state index contributed by atoms with van der Waals surface area (Å²) in [6.07, 6.45) is 6.95. The summed E-state index contributed by atoms with van der Waals surface area (Å²) >= 11 is 0. The summed E-state index contributed by atoms with van der Waals surface area (Å²) < 4.78 is 6.08. The Morgan fingerprint density at radius 1 is 1.10 bits per heavy atom. The maximum atomic E-state index is 6.08. The molecule has 1 heterocycles. The molecule has 1 aliphatic heterocycles. The number of nitrogens with zero attached hydrogens (tertiary/aromatic N) is 1. The molecule has 2 unspecified atom stereocenters. The third-order valence-corrected chi connectivity index (χ3v) is 4.75. The number of hydrogen-bond acceptors (Lipinski definition) is 2. The first kappa shape index (κ1) is 15.8. The maximum absolute atomic E-state index is 6.08. The molecule has 1 saturated carbocycles. The van der Waals surface area contributed by atoms with Crippen LogP contribution in [0.1, 0.15) is 66.7 Å². The molecule has 0 radical (unpaired) electrons. The summed E-state index contributed by atoms with van der Waals surface area (Å²) in [5, 5.41) is 0. The molecule has 2 heteroatoms. The van der Waals surface area contributed by atoms with Crippen LogP contribution in [0.2, 0.25) is 0 Å². The number of ether oxygens (including phenoxy) is 1. The molecule has 0 aromatic rings. The summed E-state index contributed by atoms with van der Waals surface area (Å²) in [6, 6.07) is 0.